The minimum absolute atomic E-state index is 0.825. The summed E-state index contributed by atoms with van der Waals surface area (Å²) in [6, 6.07) is 59.6. The molecule has 0 N–H and O–H groups in total. The van der Waals surface area contributed by atoms with Crippen molar-refractivity contribution in [2.24, 2.45) is 0 Å². The van der Waals surface area contributed by atoms with Crippen molar-refractivity contribution in [1.29, 1.82) is 0 Å². The minimum Gasteiger partial charge on any atom is -0.226 e. The molecule has 6 heteroatoms. The number of rotatable bonds is 9. The molecule has 50 heavy (non-hydrogen) atoms. The number of thioether (sulfide) groups is 2. The van der Waals surface area contributed by atoms with Crippen molar-refractivity contribution < 1.29 is 0 Å². The summed E-state index contributed by atoms with van der Waals surface area (Å²) in [7, 11) is 0. The van der Waals surface area contributed by atoms with Crippen molar-refractivity contribution in [2.45, 2.75) is 9.79 Å². The normalized spacial score (nSPS) is 11.2. The second kappa shape index (κ2) is 14.1. The molecule has 0 saturated carbocycles. The molecule has 0 unspecified atom stereocenters. The summed E-state index contributed by atoms with van der Waals surface area (Å²) >= 11 is 3.47. The third-order valence-corrected chi connectivity index (χ3v) is 10.3. The van der Waals surface area contributed by atoms with Gasteiger partial charge in [-0.15, -0.1) is 23.5 Å². The van der Waals surface area contributed by atoms with Crippen LogP contribution in [-0.2, 0) is 0 Å². The van der Waals surface area contributed by atoms with E-state index in [9.17, 15) is 0 Å². The van der Waals surface area contributed by atoms with Crippen molar-refractivity contribution >= 4 is 23.5 Å². The number of hydrogen-bond acceptors (Lipinski definition) is 4. The van der Waals surface area contributed by atoms with Crippen molar-refractivity contribution in [1.82, 2.24) is 19.3 Å². The van der Waals surface area contributed by atoms with Crippen molar-refractivity contribution in [2.75, 3.05) is 12.5 Å². The Labute approximate surface area is 301 Å². The maximum atomic E-state index is 5.54. The van der Waals surface area contributed by atoms with Crippen molar-refractivity contribution in [3.05, 3.63) is 170 Å². The molecular weight excluding hydrogens is 649 g/mol. The van der Waals surface area contributed by atoms with Crippen LogP contribution in [0.3, 0.4) is 0 Å². The van der Waals surface area contributed by atoms with Crippen LogP contribution < -0.4 is 0 Å². The first-order valence-electron chi connectivity index (χ1n) is 16.5. The minimum atomic E-state index is 0.825. The Morgan fingerprint density at radius 3 is 0.940 bits per heavy atom. The lowest BCUT2D eigenvalue weighted by atomic mass is 10.0. The van der Waals surface area contributed by atoms with Gasteiger partial charge in [0.2, 0.25) is 0 Å². The van der Waals surface area contributed by atoms with E-state index < -0.39 is 0 Å². The SMILES string of the molecule is CSc1ccc(-c2nc(-c3ccccc3)c(-c3ccccc3)n2-n2c(-c3ccc(SC)cc3)nc(-c3ccccc3)c2-c2ccccc2)cc1. The zero-order chi connectivity index (χ0) is 33.9. The topological polar surface area (TPSA) is 35.6 Å². The van der Waals surface area contributed by atoms with E-state index in [-0.39, 0.29) is 0 Å². The van der Waals surface area contributed by atoms with Crippen LogP contribution in [0.25, 0.3) is 67.8 Å². The molecule has 242 valence electrons. The van der Waals surface area contributed by atoms with Crippen molar-refractivity contribution in [3.63, 3.8) is 0 Å². The molecule has 8 rings (SSSR count). The van der Waals surface area contributed by atoms with Crippen LogP contribution in [0.4, 0.5) is 0 Å². The lowest BCUT2D eigenvalue weighted by Crippen LogP contribution is -2.16. The van der Waals surface area contributed by atoms with Gasteiger partial charge in [-0.2, -0.15) is 0 Å². The van der Waals surface area contributed by atoms with E-state index in [1.54, 1.807) is 23.5 Å². The highest BCUT2D eigenvalue weighted by atomic mass is 32.2. The Balaban J connectivity index is 1.57. The van der Waals surface area contributed by atoms with Gasteiger partial charge in [-0.1, -0.05) is 146 Å². The van der Waals surface area contributed by atoms with Gasteiger partial charge in [-0.05, 0) is 36.8 Å². The largest absolute Gasteiger partial charge is 0.226 e. The Morgan fingerprint density at radius 2 is 0.640 bits per heavy atom. The molecule has 0 atom stereocenters. The smallest absolute Gasteiger partial charge is 0.160 e. The van der Waals surface area contributed by atoms with Gasteiger partial charge in [0.05, 0.1) is 22.8 Å². The molecule has 0 spiro atoms. The van der Waals surface area contributed by atoms with E-state index in [1.165, 1.54) is 9.79 Å². The Bertz CT molecular complexity index is 2180. The number of aromatic nitrogens is 4. The van der Waals surface area contributed by atoms with E-state index in [2.05, 4.69) is 192 Å². The maximum absolute atomic E-state index is 5.54. The molecule has 2 heterocycles. The predicted octanol–water partition coefficient (Wildman–Crippen LogP) is 11.8. The summed E-state index contributed by atoms with van der Waals surface area (Å²) in [5.74, 6) is 1.65. The van der Waals surface area contributed by atoms with Gasteiger partial charge in [0.15, 0.2) is 11.6 Å². The van der Waals surface area contributed by atoms with Crippen LogP contribution in [0, 0.1) is 0 Å². The number of benzene rings is 6. The molecule has 0 amide bonds. The zero-order valence-electron chi connectivity index (χ0n) is 27.8. The Morgan fingerprint density at radius 1 is 0.340 bits per heavy atom. The second-order valence-electron chi connectivity index (χ2n) is 11.8. The fourth-order valence-electron chi connectivity index (χ4n) is 6.37. The molecule has 8 aromatic rings. The second-order valence-corrected chi connectivity index (χ2v) is 13.6. The quantitative estimate of drug-likeness (QED) is 0.142. The van der Waals surface area contributed by atoms with Gasteiger partial charge in [-0.3, -0.25) is 0 Å². The van der Waals surface area contributed by atoms with Gasteiger partial charge in [0.25, 0.3) is 0 Å². The standard InChI is InChI=1S/C44H34N4S2/c1-49-37-27-23-35(24-28-37)43-45-39(31-15-7-3-8-16-31)41(33-19-11-5-12-20-33)47(43)48-42(34-21-13-6-14-22-34)40(32-17-9-4-10-18-32)46-44(48)36-25-29-38(50-2)30-26-36/h3-30H,1-2H3. The molecule has 0 radical (unpaired) electrons. The van der Waals surface area contributed by atoms with E-state index in [0.717, 1.165) is 67.8 Å². The van der Waals surface area contributed by atoms with Crippen LogP contribution >= 0.6 is 23.5 Å². The maximum Gasteiger partial charge on any atom is 0.160 e. The molecule has 0 saturated heterocycles. The third kappa shape index (κ3) is 5.98. The lowest BCUT2D eigenvalue weighted by molar-refractivity contribution is 0.687. The van der Waals surface area contributed by atoms with Crippen LogP contribution in [0.5, 0.6) is 0 Å². The number of imidazole rings is 2. The molecule has 0 fully saturated rings. The average molecular weight is 683 g/mol. The van der Waals surface area contributed by atoms with Crippen LogP contribution in [0.1, 0.15) is 0 Å². The van der Waals surface area contributed by atoms with Crippen LogP contribution in [0.15, 0.2) is 180 Å². The van der Waals surface area contributed by atoms with Gasteiger partial charge in [0, 0.05) is 43.2 Å². The summed E-state index contributed by atoms with van der Waals surface area (Å²) in [5, 5.41) is 0. The Kier molecular flexibility index (Phi) is 8.95. The summed E-state index contributed by atoms with van der Waals surface area (Å²) in [5.41, 5.74) is 10.0. The molecule has 4 nitrogen and oxygen atoms in total. The first-order chi connectivity index (χ1) is 24.7. The Hall–Kier alpha value is -5.56. The van der Waals surface area contributed by atoms with E-state index >= 15 is 0 Å². The molecule has 0 bridgehead atoms. The summed E-state index contributed by atoms with van der Waals surface area (Å²) in [6.07, 6.45) is 4.21. The highest BCUT2D eigenvalue weighted by Gasteiger charge is 2.29. The van der Waals surface area contributed by atoms with Crippen LogP contribution in [-0.4, -0.2) is 31.8 Å². The summed E-state index contributed by atoms with van der Waals surface area (Å²) < 4.78 is 4.59. The van der Waals surface area contributed by atoms with Gasteiger partial charge in [-0.25, -0.2) is 19.3 Å². The molecule has 2 aromatic heterocycles. The van der Waals surface area contributed by atoms with Gasteiger partial charge >= 0.3 is 0 Å². The first kappa shape index (κ1) is 31.7. The molecule has 0 aliphatic carbocycles. The van der Waals surface area contributed by atoms with Crippen molar-refractivity contribution in [3.8, 4) is 67.8 Å². The van der Waals surface area contributed by atoms with Gasteiger partial charge < -0.3 is 0 Å². The van der Waals surface area contributed by atoms with E-state index in [0.29, 0.717) is 0 Å². The zero-order valence-corrected chi connectivity index (χ0v) is 29.4. The van der Waals surface area contributed by atoms with E-state index in [1.807, 2.05) is 0 Å². The predicted molar refractivity (Wildman–Crippen MR) is 211 cm³/mol. The third-order valence-electron chi connectivity index (χ3n) is 8.79. The number of hydrogen-bond donors (Lipinski definition) is 0. The monoisotopic (exact) mass is 682 g/mol. The first-order valence-corrected chi connectivity index (χ1v) is 18.9. The summed E-state index contributed by atoms with van der Waals surface area (Å²) in [6.45, 7) is 0. The number of nitrogens with zero attached hydrogens (tertiary/aromatic N) is 4. The summed E-state index contributed by atoms with van der Waals surface area (Å²) in [4.78, 5) is 13.5. The highest BCUT2D eigenvalue weighted by Crippen LogP contribution is 2.42. The molecule has 0 aliphatic heterocycles. The fourth-order valence-corrected chi connectivity index (χ4v) is 7.19. The van der Waals surface area contributed by atoms with Gasteiger partial charge in [0.1, 0.15) is 0 Å². The van der Waals surface area contributed by atoms with Crippen LogP contribution in [0.2, 0.25) is 0 Å². The fraction of sp³-hybridized carbons (Fsp3) is 0.0455. The van der Waals surface area contributed by atoms with E-state index in [4.69, 9.17) is 9.97 Å². The molecular formula is C44H34N4S2. The highest BCUT2D eigenvalue weighted by molar-refractivity contribution is 7.98. The molecule has 6 aromatic carbocycles. The average Bonchev–Trinajstić information content (AvgIpc) is 3.79. The lowest BCUT2D eigenvalue weighted by Gasteiger charge is -2.20. The molecule has 0 aliphatic rings.